The largest absolute Gasteiger partial charge is 0.431 e. The van der Waals surface area contributed by atoms with E-state index >= 15 is 0 Å². The van der Waals surface area contributed by atoms with Crippen LogP contribution in [0.4, 0.5) is 13.2 Å². The quantitative estimate of drug-likeness (QED) is 0.902. The first-order valence-corrected chi connectivity index (χ1v) is 8.12. The van der Waals surface area contributed by atoms with Gasteiger partial charge in [-0.05, 0) is 24.1 Å². The summed E-state index contributed by atoms with van der Waals surface area (Å²) in [4.78, 5) is 12.7. The Morgan fingerprint density at radius 1 is 1.15 bits per heavy atom. The Labute approximate surface area is 148 Å². The summed E-state index contributed by atoms with van der Waals surface area (Å²) in [5.74, 6) is -0.799. The summed E-state index contributed by atoms with van der Waals surface area (Å²) in [6.45, 7) is 1.94. The van der Waals surface area contributed by atoms with E-state index in [0.717, 1.165) is 12.0 Å². The van der Waals surface area contributed by atoms with Crippen molar-refractivity contribution in [1.29, 1.82) is 0 Å². The van der Waals surface area contributed by atoms with Gasteiger partial charge in [0.15, 0.2) is 5.72 Å². The molecule has 26 heavy (non-hydrogen) atoms. The molecule has 0 spiro atoms. The van der Waals surface area contributed by atoms with Crippen molar-refractivity contribution >= 4 is 11.6 Å². The maximum Gasteiger partial charge on any atom is 0.431 e. The molecule has 2 aromatic carbocycles. The summed E-state index contributed by atoms with van der Waals surface area (Å²) >= 11 is 0. The molecule has 1 aliphatic heterocycles. The molecule has 1 heterocycles. The molecule has 4 nitrogen and oxygen atoms in total. The van der Waals surface area contributed by atoms with Crippen LogP contribution in [-0.2, 0) is 12.1 Å². The Kier molecular flexibility index (Phi) is 4.58. The molecule has 0 bridgehead atoms. The van der Waals surface area contributed by atoms with Crippen LogP contribution in [0.1, 0.15) is 34.8 Å². The Morgan fingerprint density at radius 2 is 1.77 bits per heavy atom. The van der Waals surface area contributed by atoms with E-state index in [1.165, 1.54) is 24.3 Å². The molecule has 0 saturated carbocycles. The van der Waals surface area contributed by atoms with Crippen molar-refractivity contribution in [3.05, 3.63) is 71.3 Å². The van der Waals surface area contributed by atoms with E-state index in [0.29, 0.717) is 5.01 Å². The number of amides is 1. The number of alkyl halides is 3. The van der Waals surface area contributed by atoms with Crippen molar-refractivity contribution in [1.82, 2.24) is 5.01 Å². The van der Waals surface area contributed by atoms with Crippen LogP contribution in [0.15, 0.2) is 59.7 Å². The van der Waals surface area contributed by atoms with Crippen molar-refractivity contribution in [3.63, 3.8) is 0 Å². The molecule has 1 atom stereocenters. The summed E-state index contributed by atoms with van der Waals surface area (Å²) in [7, 11) is 0. The number of carbonyl (C=O) groups is 1. The molecule has 2 aromatic rings. The van der Waals surface area contributed by atoms with Crippen LogP contribution in [0.3, 0.4) is 0 Å². The third kappa shape index (κ3) is 3.22. The molecule has 1 aliphatic rings. The topological polar surface area (TPSA) is 52.9 Å². The van der Waals surface area contributed by atoms with E-state index in [4.69, 9.17) is 0 Å². The zero-order chi connectivity index (χ0) is 18.9. The van der Waals surface area contributed by atoms with Crippen LogP contribution in [-0.4, -0.2) is 27.9 Å². The van der Waals surface area contributed by atoms with Gasteiger partial charge in [-0.25, -0.2) is 0 Å². The van der Waals surface area contributed by atoms with Gasteiger partial charge in [-0.15, -0.1) is 0 Å². The molecule has 1 unspecified atom stereocenters. The highest BCUT2D eigenvalue weighted by atomic mass is 19.4. The van der Waals surface area contributed by atoms with Gasteiger partial charge in [0.2, 0.25) is 0 Å². The first kappa shape index (κ1) is 18.1. The number of hydrazone groups is 1. The number of hydrogen-bond donors (Lipinski definition) is 1. The molecule has 136 valence electrons. The van der Waals surface area contributed by atoms with Crippen molar-refractivity contribution in [3.8, 4) is 0 Å². The van der Waals surface area contributed by atoms with E-state index < -0.39 is 29.9 Å². The van der Waals surface area contributed by atoms with Crippen LogP contribution in [0.25, 0.3) is 0 Å². The van der Waals surface area contributed by atoms with Gasteiger partial charge < -0.3 is 5.11 Å². The third-order valence-electron chi connectivity index (χ3n) is 4.35. The summed E-state index contributed by atoms with van der Waals surface area (Å²) in [5, 5.41) is 15.0. The van der Waals surface area contributed by atoms with Crippen molar-refractivity contribution in [2.45, 2.75) is 31.7 Å². The molecule has 7 heteroatoms. The fraction of sp³-hybridized carbons (Fsp3) is 0.263. The fourth-order valence-corrected chi connectivity index (χ4v) is 2.85. The predicted octanol–water partition coefficient (Wildman–Crippen LogP) is 3.86. The second-order valence-electron chi connectivity index (χ2n) is 6.07. The predicted molar refractivity (Wildman–Crippen MR) is 90.4 cm³/mol. The number of aliphatic hydroxyl groups is 1. The number of hydrogen-bond acceptors (Lipinski definition) is 3. The lowest BCUT2D eigenvalue weighted by Gasteiger charge is -2.31. The van der Waals surface area contributed by atoms with Gasteiger partial charge in [0, 0.05) is 11.1 Å². The highest BCUT2D eigenvalue weighted by molar-refractivity contribution is 5.99. The molecule has 1 amide bonds. The Morgan fingerprint density at radius 3 is 2.31 bits per heavy atom. The smallest absolute Gasteiger partial charge is 0.365 e. The Balaban J connectivity index is 2.05. The SMILES string of the molecule is CCc1ccc(C2(O)CC(C(F)(F)F)=NN2C(=O)c2ccccc2)cc1. The monoisotopic (exact) mass is 362 g/mol. The second kappa shape index (κ2) is 6.57. The van der Waals surface area contributed by atoms with Gasteiger partial charge in [0.1, 0.15) is 5.71 Å². The maximum atomic E-state index is 13.2. The van der Waals surface area contributed by atoms with Crippen LogP contribution in [0.2, 0.25) is 0 Å². The van der Waals surface area contributed by atoms with Gasteiger partial charge in [0.05, 0.1) is 6.42 Å². The number of benzene rings is 2. The van der Waals surface area contributed by atoms with E-state index in [2.05, 4.69) is 5.10 Å². The zero-order valence-electron chi connectivity index (χ0n) is 14.0. The minimum Gasteiger partial charge on any atom is -0.365 e. The summed E-state index contributed by atoms with van der Waals surface area (Å²) in [6, 6.07) is 14.3. The van der Waals surface area contributed by atoms with E-state index in [9.17, 15) is 23.1 Å². The lowest BCUT2D eigenvalue weighted by molar-refractivity contribution is -0.0816. The number of carbonyl (C=O) groups excluding carboxylic acids is 1. The average molecular weight is 362 g/mol. The highest BCUT2D eigenvalue weighted by Crippen LogP contribution is 2.40. The molecule has 0 aliphatic carbocycles. The molecule has 1 N–H and O–H groups in total. The molecule has 3 rings (SSSR count). The lowest BCUT2D eigenvalue weighted by atomic mass is 9.95. The van der Waals surface area contributed by atoms with Gasteiger partial charge in [0.25, 0.3) is 5.91 Å². The normalized spacial score (nSPS) is 20.2. The van der Waals surface area contributed by atoms with Crippen molar-refractivity contribution in [2.24, 2.45) is 5.10 Å². The number of nitrogens with zero attached hydrogens (tertiary/aromatic N) is 2. The van der Waals surface area contributed by atoms with Crippen LogP contribution >= 0.6 is 0 Å². The van der Waals surface area contributed by atoms with E-state index in [1.54, 1.807) is 30.3 Å². The summed E-state index contributed by atoms with van der Waals surface area (Å²) in [5.41, 5.74) is -2.09. The number of aryl methyl sites for hydroxylation is 1. The minimum absolute atomic E-state index is 0.142. The Hall–Kier alpha value is -2.67. The van der Waals surface area contributed by atoms with Crippen LogP contribution in [0, 0.1) is 0 Å². The third-order valence-corrected chi connectivity index (χ3v) is 4.35. The maximum absolute atomic E-state index is 13.2. The van der Waals surface area contributed by atoms with Gasteiger partial charge in [-0.3, -0.25) is 4.79 Å². The van der Waals surface area contributed by atoms with Gasteiger partial charge >= 0.3 is 6.18 Å². The number of rotatable bonds is 3. The zero-order valence-corrected chi connectivity index (χ0v) is 14.0. The summed E-state index contributed by atoms with van der Waals surface area (Å²) in [6.07, 6.45) is -4.81. The molecule has 0 radical (unpaired) electrons. The van der Waals surface area contributed by atoms with Crippen LogP contribution < -0.4 is 0 Å². The van der Waals surface area contributed by atoms with Gasteiger partial charge in [-0.2, -0.15) is 23.3 Å². The van der Waals surface area contributed by atoms with Crippen molar-refractivity contribution < 1.29 is 23.1 Å². The molecule has 0 saturated heterocycles. The molecule has 0 aromatic heterocycles. The molecule has 0 fully saturated rings. The standard InChI is InChI=1S/C19H17F3N2O2/c1-2-13-8-10-15(11-9-13)18(26)12-16(19(20,21)22)23-24(18)17(25)14-6-4-3-5-7-14/h3-11,26H,2,12H2,1H3. The van der Waals surface area contributed by atoms with Crippen molar-refractivity contribution in [2.75, 3.05) is 0 Å². The van der Waals surface area contributed by atoms with Crippen LogP contribution in [0.5, 0.6) is 0 Å². The highest BCUT2D eigenvalue weighted by Gasteiger charge is 2.53. The molecular weight excluding hydrogens is 345 g/mol. The first-order chi connectivity index (χ1) is 12.3. The van der Waals surface area contributed by atoms with Gasteiger partial charge in [-0.1, -0.05) is 49.4 Å². The number of halogens is 3. The average Bonchev–Trinajstić information content (AvgIpc) is 3.01. The lowest BCUT2D eigenvalue weighted by Crippen LogP contribution is -2.43. The first-order valence-electron chi connectivity index (χ1n) is 8.12. The Bertz CT molecular complexity index is 832. The fourth-order valence-electron chi connectivity index (χ4n) is 2.85. The van der Waals surface area contributed by atoms with E-state index in [1.807, 2.05) is 6.92 Å². The second-order valence-corrected chi connectivity index (χ2v) is 6.07. The van der Waals surface area contributed by atoms with E-state index in [-0.39, 0.29) is 11.1 Å². The molecular formula is C19H17F3N2O2. The summed E-state index contributed by atoms with van der Waals surface area (Å²) < 4.78 is 39.6. The minimum atomic E-state index is -4.73.